The molecule has 1 aromatic rings. The molecule has 0 amide bonds. The molecule has 0 aromatic heterocycles. The quantitative estimate of drug-likeness (QED) is 0.394. The summed E-state index contributed by atoms with van der Waals surface area (Å²) in [6, 6.07) is 8.74. The van der Waals surface area contributed by atoms with Crippen molar-refractivity contribution in [1.82, 2.24) is 0 Å². The van der Waals surface area contributed by atoms with Gasteiger partial charge in [-0.1, -0.05) is 84.3 Å². The van der Waals surface area contributed by atoms with Crippen molar-refractivity contribution >= 4 is 17.9 Å². The van der Waals surface area contributed by atoms with Crippen LogP contribution in [-0.4, -0.2) is 33.0 Å². The fourth-order valence-electron chi connectivity index (χ4n) is 3.98. The standard InChI is InChI=1S/C21H38O3SSi/c1-7-8-9-13-16-19(22)21(26(4,5)6)20(17(2)3)25(23,24)18-14-11-10-12-15-18/h10-12,14-15,17,19-22H,7-9,13,16H2,1-6H3/t19-,20+,21-/m0/s1. The molecule has 0 fully saturated rings. The third kappa shape index (κ3) is 6.21. The molecule has 0 aliphatic heterocycles. The molecular formula is C21H38O3SSi. The van der Waals surface area contributed by atoms with Crippen molar-refractivity contribution in [1.29, 1.82) is 0 Å². The highest BCUT2D eigenvalue weighted by Gasteiger charge is 2.46. The molecule has 0 bridgehead atoms. The SMILES string of the molecule is CCCCCC[C@H](O)[C@@H]([C@@H](C(C)C)S(=O)(=O)c1ccccc1)[Si](C)(C)C. The van der Waals surface area contributed by atoms with E-state index in [0.29, 0.717) is 11.3 Å². The lowest BCUT2D eigenvalue weighted by molar-refractivity contribution is 0.141. The summed E-state index contributed by atoms with van der Waals surface area (Å²) in [4.78, 5) is 0.375. The van der Waals surface area contributed by atoms with Crippen LogP contribution in [0.4, 0.5) is 0 Å². The Morgan fingerprint density at radius 1 is 1.00 bits per heavy atom. The molecule has 5 heteroatoms. The Balaban J connectivity index is 3.22. The van der Waals surface area contributed by atoms with Crippen LogP contribution >= 0.6 is 0 Å². The van der Waals surface area contributed by atoms with Crippen molar-refractivity contribution in [2.75, 3.05) is 0 Å². The summed E-state index contributed by atoms with van der Waals surface area (Å²) in [5.41, 5.74) is -0.172. The smallest absolute Gasteiger partial charge is 0.181 e. The molecule has 1 rings (SSSR count). The minimum atomic E-state index is -3.49. The number of unbranched alkanes of at least 4 members (excludes halogenated alkanes) is 3. The second kappa shape index (κ2) is 10.0. The van der Waals surface area contributed by atoms with Crippen LogP contribution in [0.25, 0.3) is 0 Å². The fraction of sp³-hybridized carbons (Fsp3) is 0.714. The summed E-state index contributed by atoms with van der Waals surface area (Å²) >= 11 is 0. The number of hydrogen-bond acceptors (Lipinski definition) is 3. The van der Waals surface area contributed by atoms with Crippen LogP contribution in [0.3, 0.4) is 0 Å². The second-order valence-corrected chi connectivity index (χ2v) is 16.4. The van der Waals surface area contributed by atoms with Gasteiger partial charge < -0.3 is 5.11 Å². The van der Waals surface area contributed by atoms with Gasteiger partial charge >= 0.3 is 0 Å². The highest BCUT2D eigenvalue weighted by molar-refractivity contribution is 7.92. The molecule has 3 nitrogen and oxygen atoms in total. The van der Waals surface area contributed by atoms with Gasteiger partial charge in [-0.2, -0.15) is 0 Å². The summed E-state index contributed by atoms with van der Waals surface area (Å²) in [5.74, 6) is -0.0396. The van der Waals surface area contributed by atoms with E-state index in [-0.39, 0.29) is 11.5 Å². The van der Waals surface area contributed by atoms with Crippen molar-refractivity contribution in [2.24, 2.45) is 5.92 Å². The Morgan fingerprint density at radius 2 is 1.58 bits per heavy atom. The van der Waals surface area contributed by atoms with E-state index in [0.717, 1.165) is 19.3 Å². The Labute approximate surface area is 162 Å². The van der Waals surface area contributed by atoms with Gasteiger partial charge in [0.1, 0.15) is 0 Å². The van der Waals surface area contributed by atoms with Gasteiger partial charge in [-0.25, -0.2) is 8.42 Å². The monoisotopic (exact) mass is 398 g/mol. The van der Waals surface area contributed by atoms with Crippen LogP contribution in [0.2, 0.25) is 25.2 Å². The first-order chi connectivity index (χ1) is 12.0. The maximum absolute atomic E-state index is 13.5. The predicted octanol–water partition coefficient (Wildman–Crippen LogP) is 5.52. The number of aliphatic hydroxyl groups excluding tert-OH is 1. The van der Waals surface area contributed by atoms with Crippen LogP contribution in [0, 0.1) is 5.92 Å². The van der Waals surface area contributed by atoms with Gasteiger partial charge in [-0.15, -0.1) is 0 Å². The minimum absolute atomic E-state index is 0.0396. The Morgan fingerprint density at radius 3 is 2.04 bits per heavy atom. The molecule has 3 atom stereocenters. The summed E-state index contributed by atoms with van der Waals surface area (Å²) in [6.07, 6.45) is 4.54. The maximum atomic E-state index is 13.5. The topological polar surface area (TPSA) is 54.4 Å². The first-order valence-corrected chi connectivity index (χ1v) is 15.1. The molecule has 0 spiro atoms. The summed E-state index contributed by atoms with van der Waals surface area (Å²) < 4.78 is 26.9. The molecule has 0 radical (unpaired) electrons. The van der Waals surface area contributed by atoms with E-state index in [1.165, 1.54) is 6.42 Å². The summed E-state index contributed by atoms with van der Waals surface area (Å²) in [6.45, 7) is 12.7. The van der Waals surface area contributed by atoms with Crippen LogP contribution in [0.15, 0.2) is 35.2 Å². The molecule has 0 heterocycles. The van der Waals surface area contributed by atoms with E-state index in [1.807, 2.05) is 19.9 Å². The minimum Gasteiger partial charge on any atom is -0.393 e. The molecule has 0 aliphatic carbocycles. The van der Waals surface area contributed by atoms with Gasteiger partial charge in [0.05, 0.1) is 24.3 Å². The van der Waals surface area contributed by atoms with Crippen molar-refractivity contribution in [2.45, 2.75) is 94.3 Å². The Hall–Kier alpha value is -0.653. The lowest BCUT2D eigenvalue weighted by atomic mass is 9.99. The lowest BCUT2D eigenvalue weighted by Crippen LogP contribution is -2.48. The van der Waals surface area contributed by atoms with Gasteiger partial charge in [0.15, 0.2) is 9.84 Å². The summed E-state index contributed by atoms with van der Waals surface area (Å²) in [5, 5.41) is 10.5. The van der Waals surface area contributed by atoms with E-state index in [4.69, 9.17) is 0 Å². The van der Waals surface area contributed by atoms with E-state index in [2.05, 4.69) is 26.6 Å². The van der Waals surface area contributed by atoms with Crippen molar-refractivity contribution < 1.29 is 13.5 Å². The molecule has 1 N–H and O–H groups in total. The molecule has 0 saturated carbocycles. The van der Waals surface area contributed by atoms with Crippen LogP contribution in [-0.2, 0) is 9.84 Å². The molecule has 1 aromatic carbocycles. The van der Waals surface area contributed by atoms with Gasteiger partial charge in [-0.05, 0) is 30.0 Å². The first-order valence-electron chi connectivity index (χ1n) is 10.0. The predicted molar refractivity (Wildman–Crippen MR) is 114 cm³/mol. The van der Waals surface area contributed by atoms with E-state index in [1.54, 1.807) is 24.3 Å². The lowest BCUT2D eigenvalue weighted by Gasteiger charge is -2.40. The van der Waals surface area contributed by atoms with Gasteiger partial charge in [0.2, 0.25) is 0 Å². The van der Waals surface area contributed by atoms with Gasteiger partial charge in [0.25, 0.3) is 0 Å². The zero-order valence-electron chi connectivity index (χ0n) is 17.4. The van der Waals surface area contributed by atoms with Crippen molar-refractivity contribution in [3.63, 3.8) is 0 Å². The number of hydrogen-bond donors (Lipinski definition) is 1. The molecule has 0 aliphatic rings. The van der Waals surface area contributed by atoms with Gasteiger partial charge in [-0.3, -0.25) is 0 Å². The third-order valence-corrected chi connectivity index (χ3v) is 10.7. The van der Waals surface area contributed by atoms with E-state index >= 15 is 0 Å². The average molecular weight is 399 g/mol. The van der Waals surface area contributed by atoms with Crippen molar-refractivity contribution in [3.8, 4) is 0 Å². The third-order valence-electron chi connectivity index (χ3n) is 5.21. The zero-order valence-corrected chi connectivity index (χ0v) is 19.2. The molecule has 150 valence electrons. The first kappa shape index (κ1) is 23.4. The molecular weight excluding hydrogens is 360 g/mol. The Bertz CT molecular complexity index is 620. The molecule has 26 heavy (non-hydrogen) atoms. The van der Waals surface area contributed by atoms with Crippen LogP contribution in [0.1, 0.15) is 52.9 Å². The number of sulfone groups is 1. The highest BCUT2D eigenvalue weighted by atomic mass is 32.2. The summed E-state index contributed by atoms with van der Waals surface area (Å²) in [7, 11) is -5.40. The van der Waals surface area contributed by atoms with E-state index < -0.39 is 29.3 Å². The highest BCUT2D eigenvalue weighted by Crippen LogP contribution is 2.40. The molecule has 0 saturated heterocycles. The van der Waals surface area contributed by atoms with Crippen LogP contribution < -0.4 is 0 Å². The number of aliphatic hydroxyl groups is 1. The second-order valence-electron chi connectivity index (χ2n) is 8.88. The Kier molecular flexibility index (Phi) is 9.04. The fourth-order valence-corrected chi connectivity index (χ4v) is 10.6. The van der Waals surface area contributed by atoms with E-state index in [9.17, 15) is 13.5 Å². The normalized spacial score (nSPS) is 16.5. The van der Waals surface area contributed by atoms with Crippen molar-refractivity contribution in [3.05, 3.63) is 30.3 Å². The number of rotatable bonds is 11. The van der Waals surface area contributed by atoms with Crippen LogP contribution in [0.5, 0.6) is 0 Å². The maximum Gasteiger partial charge on any atom is 0.181 e. The molecule has 0 unspecified atom stereocenters. The van der Waals surface area contributed by atoms with Gasteiger partial charge in [0, 0.05) is 0 Å². The number of benzene rings is 1. The average Bonchev–Trinajstić information content (AvgIpc) is 2.55. The largest absolute Gasteiger partial charge is 0.393 e. The zero-order chi connectivity index (χ0) is 20.0.